The summed E-state index contributed by atoms with van der Waals surface area (Å²) in [5.74, 6) is 0. The number of nitrogens with one attached hydrogen (secondary N) is 1. The summed E-state index contributed by atoms with van der Waals surface area (Å²) in [6.07, 6.45) is 5.05. The predicted molar refractivity (Wildman–Crippen MR) is 66.9 cm³/mol. The van der Waals surface area contributed by atoms with E-state index in [1.165, 1.54) is 36.9 Å². The first-order valence-corrected chi connectivity index (χ1v) is 6.04. The second-order valence-corrected chi connectivity index (χ2v) is 4.34. The monoisotopic (exact) mass is 255 g/mol. The third kappa shape index (κ3) is 3.02. The second kappa shape index (κ2) is 6.07. The van der Waals surface area contributed by atoms with Gasteiger partial charge < -0.3 is 5.32 Å². The van der Waals surface area contributed by atoms with Crippen molar-refractivity contribution in [1.29, 1.82) is 0 Å². The zero-order chi connectivity index (χ0) is 10.4. The molecule has 0 aliphatic heterocycles. The van der Waals surface area contributed by atoms with Gasteiger partial charge in [-0.25, -0.2) is 0 Å². The first-order valence-electron chi connectivity index (χ1n) is 5.24. The summed E-state index contributed by atoms with van der Waals surface area (Å²) in [7, 11) is 1.98. The van der Waals surface area contributed by atoms with Crippen molar-refractivity contribution in [3.05, 3.63) is 28.2 Å². The molecule has 0 unspecified atom stereocenters. The minimum Gasteiger partial charge on any atom is -0.387 e. The fourth-order valence-corrected chi connectivity index (χ4v) is 2.23. The summed E-state index contributed by atoms with van der Waals surface area (Å²) >= 11 is 3.55. The van der Waals surface area contributed by atoms with Crippen LogP contribution in [0.5, 0.6) is 0 Å². The number of aryl methyl sites for hydroxylation is 1. The van der Waals surface area contributed by atoms with Crippen molar-refractivity contribution >= 4 is 21.6 Å². The molecule has 0 bridgehead atoms. The minimum atomic E-state index is 1.16. The van der Waals surface area contributed by atoms with Gasteiger partial charge >= 0.3 is 0 Å². The van der Waals surface area contributed by atoms with Crippen LogP contribution in [0.4, 0.5) is 5.69 Å². The molecule has 1 aromatic carbocycles. The van der Waals surface area contributed by atoms with Crippen LogP contribution in [0.2, 0.25) is 0 Å². The summed E-state index contributed by atoms with van der Waals surface area (Å²) in [5, 5.41) is 3.24. The molecule has 1 N–H and O–H groups in total. The maximum atomic E-state index is 3.55. The molecule has 1 rings (SSSR count). The predicted octanol–water partition coefficient (Wildman–Crippen LogP) is 4.22. The minimum absolute atomic E-state index is 1.16. The second-order valence-electron chi connectivity index (χ2n) is 3.48. The van der Waals surface area contributed by atoms with Gasteiger partial charge in [0.05, 0.1) is 5.69 Å². The molecule has 78 valence electrons. The number of unbranched alkanes of at least 4 members (excludes halogenated alkanes) is 2. The lowest BCUT2D eigenvalue weighted by Crippen LogP contribution is -1.96. The fraction of sp³-hybridized carbons (Fsp3) is 0.500. The van der Waals surface area contributed by atoms with E-state index in [0.29, 0.717) is 0 Å². The third-order valence-electron chi connectivity index (χ3n) is 2.40. The Kier molecular flexibility index (Phi) is 5.02. The van der Waals surface area contributed by atoms with E-state index in [-0.39, 0.29) is 0 Å². The molecule has 0 aliphatic carbocycles. The summed E-state index contributed by atoms with van der Waals surface area (Å²) in [4.78, 5) is 0. The third-order valence-corrected chi connectivity index (χ3v) is 3.06. The molecule has 0 atom stereocenters. The highest BCUT2D eigenvalue weighted by molar-refractivity contribution is 9.10. The average molecular weight is 256 g/mol. The first-order chi connectivity index (χ1) is 6.79. The van der Waals surface area contributed by atoms with Crippen LogP contribution in [0.3, 0.4) is 0 Å². The molecule has 0 aromatic heterocycles. The molecule has 2 heteroatoms. The van der Waals surface area contributed by atoms with Gasteiger partial charge in [-0.1, -0.05) is 31.9 Å². The van der Waals surface area contributed by atoms with Gasteiger partial charge in [0.15, 0.2) is 0 Å². The zero-order valence-corrected chi connectivity index (χ0v) is 10.5. The SMILES string of the molecule is CCCCCc1cccc(Br)c1NC. The average Bonchev–Trinajstić information content (AvgIpc) is 2.18. The van der Waals surface area contributed by atoms with Crippen molar-refractivity contribution in [1.82, 2.24) is 0 Å². The van der Waals surface area contributed by atoms with Crippen molar-refractivity contribution in [2.45, 2.75) is 32.6 Å². The summed E-state index contributed by atoms with van der Waals surface area (Å²) in [6.45, 7) is 2.24. The Morgan fingerprint density at radius 3 is 2.71 bits per heavy atom. The normalized spacial score (nSPS) is 10.2. The molecule has 14 heavy (non-hydrogen) atoms. The highest BCUT2D eigenvalue weighted by atomic mass is 79.9. The largest absolute Gasteiger partial charge is 0.387 e. The van der Waals surface area contributed by atoms with Gasteiger partial charge in [-0.3, -0.25) is 0 Å². The Labute approximate surface area is 95.0 Å². The fourth-order valence-electron chi connectivity index (χ4n) is 1.62. The van der Waals surface area contributed by atoms with Gasteiger partial charge in [0.25, 0.3) is 0 Å². The van der Waals surface area contributed by atoms with Crippen LogP contribution in [0.25, 0.3) is 0 Å². The van der Waals surface area contributed by atoms with Crippen molar-refractivity contribution in [3.8, 4) is 0 Å². The van der Waals surface area contributed by atoms with Crippen LogP contribution < -0.4 is 5.32 Å². The van der Waals surface area contributed by atoms with Crippen molar-refractivity contribution in [3.63, 3.8) is 0 Å². The van der Waals surface area contributed by atoms with E-state index in [1.54, 1.807) is 0 Å². The zero-order valence-electron chi connectivity index (χ0n) is 8.94. The summed E-state index contributed by atoms with van der Waals surface area (Å²) in [6, 6.07) is 6.38. The van der Waals surface area contributed by atoms with Crippen LogP contribution in [0, 0.1) is 0 Å². The molecule has 0 aliphatic rings. The highest BCUT2D eigenvalue weighted by Crippen LogP contribution is 2.27. The van der Waals surface area contributed by atoms with Gasteiger partial charge in [0, 0.05) is 11.5 Å². The molecule has 0 fully saturated rings. The van der Waals surface area contributed by atoms with Crippen LogP contribution in [0.15, 0.2) is 22.7 Å². The lowest BCUT2D eigenvalue weighted by molar-refractivity contribution is 0.718. The lowest BCUT2D eigenvalue weighted by Gasteiger charge is -2.10. The Hall–Kier alpha value is -0.500. The summed E-state index contributed by atoms with van der Waals surface area (Å²) < 4.78 is 1.16. The van der Waals surface area contributed by atoms with Gasteiger partial charge in [0.2, 0.25) is 0 Å². The molecule has 0 saturated carbocycles. The van der Waals surface area contributed by atoms with Crippen LogP contribution in [-0.4, -0.2) is 7.05 Å². The Morgan fingerprint density at radius 1 is 1.29 bits per heavy atom. The highest BCUT2D eigenvalue weighted by Gasteiger charge is 2.03. The molecular weight excluding hydrogens is 238 g/mol. The van der Waals surface area contributed by atoms with Crippen molar-refractivity contribution < 1.29 is 0 Å². The summed E-state index contributed by atoms with van der Waals surface area (Å²) in [5.41, 5.74) is 2.65. The van der Waals surface area contributed by atoms with Crippen molar-refractivity contribution in [2.24, 2.45) is 0 Å². The molecule has 1 aromatic rings. The van der Waals surface area contributed by atoms with E-state index in [9.17, 15) is 0 Å². The molecule has 0 radical (unpaired) electrons. The standard InChI is InChI=1S/C12H18BrN/c1-3-4-5-7-10-8-6-9-11(13)12(10)14-2/h6,8-9,14H,3-5,7H2,1-2H3. The Morgan fingerprint density at radius 2 is 2.07 bits per heavy atom. The smallest absolute Gasteiger partial charge is 0.0514 e. The van der Waals surface area contributed by atoms with E-state index in [1.807, 2.05) is 7.05 Å². The molecule has 0 spiro atoms. The molecule has 1 nitrogen and oxygen atoms in total. The quantitative estimate of drug-likeness (QED) is 0.777. The number of benzene rings is 1. The van der Waals surface area contributed by atoms with Gasteiger partial charge in [-0.2, -0.15) is 0 Å². The first kappa shape index (κ1) is 11.6. The Bertz CT molecular complexity index is 284. The van der Waals surface area contributed by atoms with E-state index in [4.69, 9.17) is 0 Å². The topological polar surface area (TPSA) is 12.0 Å². The maximum absolute atomic E-state index is 3.55. The number of para-hydroxylation sites is 1. The number of anilines is 1. The lowest BCUT2D eigenvalue weighted by atomic mass is 10.1. The van der Waals surface area contributed by atoms with Crippen LogP contribution in [0.1, 0.15) is 31.7 Å². The number of hydrogen-bond acceptors (Lipinski definition) is 1. The van der Waals surface area contributed by atoms with E-state index >= 15 is 0 Å². The molecule has 0 saturated heterocycles. The molecule has 0 heterocycles. The Balaban J connectivity index is 2.70. The van der Waals surface area contributed by atoms with Crippen LogP contribution in [-0.2, 0) is 6.42 Å². The number of rotatable bonds is 5. The van der Waals surface area contributed by atoms with Gasteiger partial charge in [-0.05, 0) is 40.4 Å². The number of hydrogen-bond donors (Lipinski definition) is 1. The van der Waals surface area contributed by atoms with Crippen molar-refractivity contribution in [2.75, 3.05) is 12.4 Å². The molecule has 0 amide bonds. The van der Waals surface area contributed by atoms with Crippen LogP contribution >= 0.6 is 15.9 Å². The van der Waals surface area contributed by atoms with E-state index in [2.05, 4.69) is 46.4 Å². The van der Waals surface area contributed by atoms with Gasteiger partial charge in [-0.15, -0.1) is 0 Å². The van der Waals surface area contributed by atoms with E-state index < -0.39 is 0 Å². The molecular formula is C12H18BrN. The maximum Gasteiger partial charge on any atom is 0.0514 e. The van der Waals surface area contributed by atoms with E-state index in [0.717, 1.165) is 4.47 Å². The number of halogens is 1. The van der Waals surface area contributed by atoms with Gasteiger partial charge in [0.1, 0.15) is 0 Å².